The number of anilines is 2. The van der Waals surface area contributed by atoms with Crippen LogP contribution in [0.2, 0.25) is 5.02 Å². The molecular formula is C24H18ClF3N4O2. The van der Waals surface area contributed by atoms with Crippen LogP contribution in [0, 0.1) is 0 Å². The minimum atomic E-state index is -4.63. The summed E-state index contributed by atoms with van der Waals surface area (Å²) in [6.45, 7) is 0. The van der Waals surface area contributed by atoms with Gasteiger partial charge in [0.05, 0.1) is 16.1 Å². The summed E-state index contributed by atoms with van der Waals surface area (Å²) < 4.78 is 40.9. The van der Waals surface area contributed by atoms with Crippen LogP contribution in [0.5, 0.6) is 0 Å². The molecule has 4 rings (SSSR count). The molecule has 3 N–H and O–H groups in total. The molecule has 0 saturated heterocycles. The van der Waals surface area contributed by atoms with Crippen LogP contribution in [0.25, 0.3) is 16.6 Å². The summed E-state index contributed by atoms with van der Waals surface area (Å²) in [6.07, 6.45) is -2.76. The lowest BCUT2D eigenvalue weighted by atomic mass is 10.1. The zero-order valence-electron chi connectivity index (χ0n) is 17.7. The highest BCUT2D eigenvalue weighted by Gasteiger charge is 2.33. The van der Waals surface area contributed by atoms with Gasteiger partial charge in [0.25, 0.3) is 5.91 Å². The lowest BCUT2D eigenvalue weighted by Crippen LogP contribution is -2.20. The van der Waals surface area contributed by atoms with Gasteiger partial charge in [0, 0.05) is 41.3 Å². The number of nitrogens with zero attached hydrogens (tertiary/aromatic N) is 1. The number of fused-ring (bicyclic) bond motifs is 1. The van der Waals surface area contributed by atoms with Crippen LogP contribution in [0.3, 0.4) is 0 Å². The summed E-state index contributed by atoms with van der Waals surface area (Å²) in [4.78, 5) is 24.1. The lowest BCUT2D eigenvalue weighted by molar-refractivity contribution is -0.137. The summed E-state index contributed by atoms with van der Waals surface area (Å²) in [5.74, 6) is -0.170. The van der Waals surface area contributed by atoms with Crippen molar-refractivity contribution in [1.82, 2.24) is 9.88 Å². The molecule has 0 aliphatic heterocycles. The van der Waals surface area contributed by atoms with Crippen molar-refractivity contribution in [1.29, 1.82) is 0 Å². The molecule has 0 unspecified atom stereocenters. The van der Waals surface area contributed by atoms with Crippen molar-refractivity contribution in [2.75, 3.05) is 17.7 Å². The molecule has 174 valence electrons. The van der Waals surface area contributed by atoms with E-state index >= 15 is 0 Å². The molecule has 0 radical (unpaired) electrons. The van der Waals surface area contributed by atoms with E-state index in [1.165, 1.54) is 6.07 Å². The van der Waals surface area contributed by atoms with Gasteiger partial charge in [-0.05, 0) is 66.7 Å². The van der Waals surface area contributed by atoms with Crippen LogP contribution in [0.1, 0.15) is 15.9 Å². The van der Waals surface area contributed by atoms with Gasteiger partial charge in [-0.3, -0.25) is 4.79 Å². The standard InChI is InChI=1S/C24H18ClF3N4O2/c1-29-22(33)15-2-9-21-14(12-15)10-11-32(21)18-6-3-16(4-7-18)30-23(34)31-17-5-8-20(25)19(13-17)24(26,27)28/h2-13H,1H3,(H,29,33)(H2,30,31,34). The summed E-state index contributed by atoms with van der Waals surface area (Å²) in [6, 6.07) is 16.6. The normalized spacial score (nSPS) is 11.3. The van der Waals surface area contributed by atoms with Gasteiger partial charge in [-0.15, -0.1) is 0 Å². The third-order valence-corrected chi connectivity index (χ3v) is 5.44. The van der Waals surface area contributed by atoms with Crippen LogP contribution >= 0.6 is 11.6 Å². The minimum absolute atomic E-state index is 0.0409. The van der Waals surface area contributed by atoms with Crippen LogP contribution in [0.4, 0.5) is 29.3 Å². The van der Waals surface area contributed by atoms with Crippen molar-refractivity contribution in [3.8, 4) is 5.69 Å². The second-order valence-corrected chi connectivity index (χ2v) is 7.76. The quantitative estimate of drug-likeness (QED) is 0.316. The molecular weight excluding hydrogens is 469 g/mol. The predicted octanol–water partition coefficient (Wildman–Crippen LogP) is 6.31. The van der Waals surface area contributed by atoms with Crippen molar-refractivity contribution < 1.29 is 22.8 Å². The van der Waals surface area contributed by atoms with Crippen molar-refractivity contribution in [3.05, 3.63) is 89.1 Å². The Labute approximate surface area is 197 Å². The molecule has 3 amide bonds. The van der Waals surface area contributed by atoms with Crippen molar-refractivity contribution >= 4 is 45.8 Å². The minimum Gasteiger partial charge on any atom is -0.355 e. The first-order valence-corrected chi connectivity index (χ1v) is 10.4. The van der Waals surface area contributed by atoms with E-state index in [1.807, 2.05) is 22.9 Å². The van der Waals surface area contributed by atoms with Gasteiger partial charge in [-0.1, -0.05) is 11.6 Å². The Hall–Kier alpha value is -3.98. The molecule has 1 heterocycles. The van der Waals surface area contributed by atoms with Gasteiger partial charge in [0.1, 0.15) is 0 Å². The molecule has 1 aromatic heterocycles. The highest BCUT2D eigenvalue weighted by molar-refractivity contribution is 6.31. The smallest absolute Gasteiger partial charge is 0.355 e. The number of aromatic nitrogens is 1. The van der Waals surface area contributed by atoms with Gasteiger partial charge in [0.15, 0.2) is 0 Å². The SMILES string of the molecule is CNC(=O)c1ccc2c(ccn2-c2ccc(NC(=O)Nc3ccc(Cl)c(C(F)(F)F)c3)cc2)c1. The summed E-state index contributed by atoms with van der Waals surface area (Å²) >= 11 is 5.60. The van der Waals surface area contributed by atoms with E-state index in [0.717, 1.165) is 28.7 Å². The third kappa shape index (κ3) is 4.84. The summed E-state index contributed by atoms with van der Waals surface area (Å²) in [5.41, 5.74) is 1.65. The Morgan fingerprint density at radius 1 is 0.882 bits per heavy atom. The monoisotopic (exact) mass is 486 g/mol. The van der Waals surface area contributed by atoms with Gasteiger partial charge in [0.2, 0.25) is 0 Å². The maximum absolute atomic E-state index is 13.0. The molecule has 0 saturated carbocycles. The van der Waals surface area contributed by atoms with E-state index in [4.69, 9.17) is 11.6 Å². The largest absolute Gasteiger partial charge is 0.417 e. The number of rotatable bonds is 4. The Morgan fingerprint density at radius 3 is 2.24 bits per heavy atom. The molecule has 6 nitrogen and oxygen atoms in total. The number of carbonyl (C=O) groups is 2. The van der Waals surface area contributed by atoms with Crippen LogP contribution < -0.4 is 16.0 Å². The average Bonchev–Trinajstić information content (AvgIpc) is 3.23. The van der Waals surface area contributed by atoms with E-state index in [2.05, 4.69) is 16.0 Å². The zero-order chi connectivity index (χ0) is 24.5. The van der Waals surface area contributed by atoms with E-state index in [9.17, 15) is 22.8 Å². The fourth-order valence-corrected chi connectivity index (χ4v) is 3.70. The zero-order valence-corrected chi connectivity index (χ0v) is 18.5. The van der Waals surface area contributed by atoms with Crippen molar-refractivity contribution in [2.24, 2.45) is 0 Å². The molecule has 0 aliphatic carbocycles. The van der Waals surface area contributed by atoms with E-state index in [1.54, 1.807) is 43.4 Å². The number of hydrogen-bond donors (Lipinski definition) is 3. The fraction of sp³-hybridized carbons (Fsp3) is 0.0833. The van der Waals surface area contributed by atoms with E-state index in [-0.39, 0.29) is 11.6 Å². The number of nitrogens with one attached hydrogen (secondary N) is 3. The summed E-state index contributed by atoms with van der Waals surface area (Å²) in [7, 11) is 1.57. The first-order valence-electron chi connectivity index (χ1n) is 10.0. The molecule has 3 aromatic carbocycles. The first kappa shape index (κ1) is 23.2. The maximum Gasteiger partial charge on any atom is 0.417 e. The number of benzene rings is 3. The number of urea groups is 1. The third-order valence-electron chi connectivity index (χ3n) is 5.11. The second-order valence-electron chi connectivity index (χ2n) is 7.36. The molecule has 0 bridgehead atoms. The number of hydrogen-bond acceptors (Lipinski definition) is 2. The molecule has 0 aliphatic rings. The van der Waals surface area contributed by atoms with Gasteiger partial charge in [-0.2, -0.15) is 13.2 Å². The van der Waals surface area contributed by atoms with Crippen molar-refractivity contribution in [2.45, 2.75) is 6.18 Å². The highest BCUT2D eigenvalue weighted by atomic mass is 35.5. The van der Waals surface area contributed by atoms with Crippen LogP contribution in [0.15, 0.2) is 72.9 Å². The highest BCUT2D eigenvalue weighted by Crippen LogP contribution is 2.36. The van der Waals surface area contributed by atoms with Gasteiger partial charge >= 0.3 is 12.2 Å². The summed E-state index contributed by atoms with van der Waals surface area (Å²) in [5, 5.41) is 7.99. The topological polar surface area (TPSA) is 75.2 Å². The molecule has 0 spiro atoms. The second kappa shape index (κ2) is 9.11. The van der Waals surface area contributed by atoms with Gasteiger partial charge in [-0.25, -0.2) is 4.79 Å². The molecule has 34 heavy (non-hydrogen) atoms. The molecule has 0 atom stereocenters. The van der Waals surface area contributed by atoms with Gasteiger partial charge < -0.3 is 20.5 Å². The number of halogens is 4. The lowest BCUT2D eigenvalue weighted by Gasteiger charge is -2.13. The van der Waals surface area contributed by atoms with Crippen LogP contribution in [-0.2, 0) is 6.18 Å². The average molecular weight is 487 g/mol. The molecule has 0 fully saturated rings. The van der Waals surface area contributed by atoms with Crippen molar-refractivity contribution in [3.63, 3.8) is 0 Å². The Morgan fingerprint density at radius 2 is 1.56 bits per heavy atom. The maximum atomic E-state index is 13.0. The number of carbonyl (C=O) groups excluding carboxylic acids is 2. The van der Waals surface area contributed by atoms with Crippen LogP contribution in [-0.4, -0.2) is 23.6 Å². The predicted molar refractivity (Wildman–Crippen MR) is 126 cm³/mol. The Bertz CT molecular complexity index is 1380. The Balaban J connectivity index is 1.47. The molecule has 10 heteroatoms. The van der Waals surface area contributed by atoms with E-state index in [0.29, 0.717) is 11.3 Å². The fourth-order valence-electron chi connectivity index (χ4n) is 3.47. The number of alkyl halides is 3. The number of amides is 3. The first-order chi connectivity index (χ1) is 16.2. The van der Waals surface area contributed by atoms with E-state index < -0.39 is 22.8 Å². The Kier molecular flexibility index (Phi) is 6.21. The molecule has 4 aromatic rings.